The van der Waals surface area contributed by atoms with Crippen LogP contribution in [0, 0.1) is 0 Å². The highest BCUT2D eigenvalue weighted by Crippen LogP contribution is 2.35. The Kier molecular flexibility index (Phi) is 5.06. The third-order valence-electron chi connectivity index (χ3n) is 4.34. The van der Waals surface area contributed by atoms with Crippen LogP contribution < -0.4 is 14.2 Å². The molecule has 0 radical (unpaired) electrons. The summed E-state index contributed by atoms with van der Waals surface area (Å²) >= 11 is 6.03. The summed E-state index contributed by atoms with van der Waals surface area (Å²) in [6.45, 7) is 0. The molecule has 1 aliphatic rings. The summed E-state index contributed by atoms with van der Waals surface area (Å²) in [6, 6.07) is 18.5. The van der Waals surface area contributed by atoms with Crippen molar-refractivity contribution in [1.82, 2.24) is 0 Å². The first kappa shape index (κ1) is 18.8. The number of benzene rings is 3. The maximum Gasteiger partial charge on any atom is 0.345 e. The van der Waals surface area contributed by atoms with E-state index in [0.29, 0.717) is 22.1 Å². The topological polar surface area (TPSA) is 61.8 Å². The molecule has 0 saturated carbocycles. The van der Waals surface area contributed by atoms with Gasteiger partial charge in [-0.2, -0.15) is 0 Å². The zero-order valence-corrected chi connectivity index (χ0v) is 16.1. The van der Waals surface area contributed by atoms with E-state index in [0.717, 1.165) is 5.56 Å². The van der Waals surface area contributed by atoms with Gasteiger partial charge in [0.05, 0.1) is 23.3 Å². The lowest BCUT2D eigenvalue weighted by Gasteiger charge is -2.06. The van der Waals surface area contributed by atoms with Crippen LogP contribution in [-0.2, 0) is 0 Å². The van der Waals surface area contributed by atoms with E-state index in [1.54, 1.807) is 55.7 Å². The van der Waals surface area contributed by atoms with Gasteiger partial charge in [-0.05, 0) is 48.0 Å². The zero-order valence-electron chi connectivity index (χ0n) is 15.3. The minimum absolute atomic E-state index is 0.183. The van der Waals surface area contributed by atoms with Gasteiger partial charge in [0.1, 0.15) is 17.2 Å². The van der Waals surface area contributed by atoms with Crippen molar-refractivity contribution in [3.8, 4) is 17.2 Å². The number of fused-ring (bicyclic) bond motifs is 1. The van der Waals surface area contributed by atoms with Crippen molar-refractivity contribution in [1.29, 1.82) is 0 Å². The summed E-state index contributed by atoms with van der Waals surface area (Å²) in [4.78, 5) is 24.9. The summed E-state index contributed by atoms with van der Waals surface area (Å²) in [5, 5.41) is 0.300. The molecular weight excluding hydrogens is 392 g/mol. The van der Waals surface area contributed by atoms with E-state index in [-0.39, 0.29) is 22.9 Å². The second-order valence-electron chi connectivity index (χ2n) is 6.24. The molecular formula is C23H15ClO5. The summed E-state index contributed by atoms with van der Waals surface area (Å²) in [5.41, 5.74) is 1.42. The smallest absolute Gasteiger partial charge is 0.345 e. The molecule has 0 atom stereocenters. The number of halogens is 1. The molecule has 0 aliphatic carbocycles. The molecule has 0 spiro atoms. The Morgan fingerprint density at radius 2 is 1.83 bits per heavy atom. The minimum atomic E-state index is -0.591. The first-order valence-electron chi connectivity index (χ1n) is 8.74. The molecule has 1 heterocycles. The fourth-order valence-electron chi connectivity index (χ4n) is 2.90. The highest BCUT2D eigenvalue weighted by atomic mass is 35.5. The van der Waals surface area contributed by atoms with Gasteiger partial charge in [0.15, 0.2) is 5.76 Å². The summed E-state index contributed by atoms with van der Waals surface area (Å²) in [5.74, 6) is 0.607. The van der Waals surface area contributed by atoms with Crippen LogP contribution in [0.1, 0.15) is 26.3 Å². The molecule has 5 nitrogen and oxygen atoms in total. The van der Waals surface area contributed by atoms with Gasteiger partial charge >= 0.3 is 5.97 Å². The van der Waals surface area contributed by atoms with E-state index >= 15 is 0 Å². The van der Waals surface area contributed by atoms with Crippen LogP contribution in [0.15, 0.2) is 72.5 Å². The highest BCUT2D eigenvalue weighted by Gasteiger charge is 2.28. The predicted octanol–water partition coefficient (Wildman–Crippen LogP) is 5.18. The molecule has 0 saturated heterocycles. The lowest BCUT2D eigenvalue weighted by Crippen LogP contribution is -2.09. The molecule has 3 aromatic carbocycles. The van der Waals surface area contributed by atoms with Gasteiger partial charge in [0.2, 0.25) is 5.78 Å². The first-order valence-corrected chi connectivity index (χ1v) is 9.12. The molecule has 6 heteroatoms. The number of ketones is 1. The third kappa shape index (κ3) is 3.86. The van der Waals surface area contributed by atoms with Crippen molar-refractivity contribution in [2.75, 3.05) is 7.11 Å². The number of esters is 1. The van der Waals surface area contributed by atoms with Gasteiger partial charge in [0.25, 0.3) is 0 Å². The van der Waals surface area contributed by atoms with Crippen molar-refractivity contribution in [3.05, 3.63) is 94.2 Å². The molecule has 0 unspecified atom stereocenters. The first-order chi connectivity index (χ1) is 14.0. The van der Waals surface area contributed by atoms with Crippen molar-refractivity contribution >= 4 is 29.4 Å². The molecule has 0 fully saturated rings. The Balaban J connectivity index is 1.56. The second-order valence-corrected chi connectivity index (χ2v) is 6.65. The van der Waals surface area contributed by atoms with Gasteiger partial charge in [-0.15, -0.1) is 0 Å². The Bertz CT molecular complexity index is 1150. The van der Waals surface area contributed by atoms with Crippen molar-refractivity contribution < 1.29 is 23.8 Å². The summed E-state index contributed by atoms with van der Waals surface area (Å²) in [7, 11) is 1.57. The number of hydrogen-bond acceptors (Lipinski definition) is 5. The van der Waals surface area contributed by atoms with Gasteiger partial charge < -0.3 is 14.2 Å². The molecule has 0 N–H and O–H groups in total. The zero-order chi connectivity index (χ0) is 20.4. The third-order valence-corrected chi connectivity index (χ3v) is 4.67. The van der Waals surface area contributed by atoms with Crippen molar-refractivity contribution in [2.45, 2.75) is 0 Å². The molecule has 3 aromatic rings. The fourth-order valence-corrected chi connectivity index (χ4v) is 3.12. The Hall–Kier alpha value is -3.57. The number of hydrogen-bond donors (Lipinski definition) is 0. The monoisotopic (exact) mass is 406 g/mol. The van der Waals surface area contributed by atoms with Crippen LogP contribution in [0.25, 0.3) is 6.08 Å². The molecule has 29 heavy (non-hydrogen) atoms. The standard InChI is InChI=1S/C23H15ClO5/c1-27-15-6-4-5-14(11-15)12-21-22(25)18-10-9-16(13-20(18)29-21)28-23(26)17-7-2-3-8-19(17)24/h2-13H,1H3/b21-12-. The van der Waals surface area contributed by atoms with E-state index in [4.69, 9.17) is 25.8 Å². The number of carbonyl (C=O) groups is 2. The molecule has 0 amide bonds. The largest absolute Gasteiger partial charge is 0.497 e. The van der Waals surface area contributed by atoms with E-state index in [1.165, 1.54) is 6.07 Å². The van der Waals surface area contributed by atoms with E-state index in [2.05, 4.69) is 0 Å². The maximum absolute atomic E-state index is 12.6. The quantitative estimate of drug-likeness (QED) is 0.339. The van der Waals surface area contributed by atoms with E-state index in [9.17, 15) is 9.59 Å². The van der Waals surface area contributed by atoms with Gasteiger partial charge in [-0.1, -0.05) is 35.9 Å². The normalized spacial score (nSPS) is 13.7. The number of allylic oxidation sites excluding steroid dienone is 1. The lowest BCUT2D eigenvalue weighted by molar-refractivity contribution is 0.0734. The van der Waals surface area contributed by atoms with Crippen LogP contribution in [0.3, 0.4) is 0 Å². The maximum atomic E-state index is 12.6. The molecule has 4 rings (SSSR count). The predicted molar refractivity (Wildman–Crippen MR) is 109 cm³/mol. The van der Waals surface area contributed by atoms with Crippen LogP contribution in [0.5, 0.6) is 17.2 Å². The summed E-state index contributed by atoms with van der Waals surface area (Å²) < 4.78 is 16.3. The fraction of sp³-hybridized carbons (Fsp3) is 0.0435. The minimum Gasteiger partial charge on any atom is -0.497 e. The Morgan fingerprint density at radius 1 is 1.00 bits per heavy atom. The summed E-state index contributed by atoms with van der Waals surface area (Å²) in [6.07, 6.45) is 1.64. The lowest BCUT2D eigenvalue weighted by atomic mass is 10.1. The van der Waals surface area contributed by atoms with Crippen molar-refractivity contribution in [3.63, 3.8) is 0 Å². The van der Waals surface area contributed by atoms with E-state index < -0.39 is 5.97 Å². The Labute approximate surface area is 172 Å². The number of carbonyl (C=O) groups excluding carboxylic acids is 2. The van der Waals surface area contributed by atoms with Gasteiger partial charge in [0, 0.05) is 6.07 Å². The number of rotatable bonds is 4. The molecule has 0 bridgehead atoms. The molecule has 0 aromatic heterocycles. The Morgan fingerprint density at radius 3 is 2.62 bits per heavy atom. The number of methoxy groups -OCH3 is 1. The van der Waals surface area contributed by atoms with Crippen LogP contribution in [0.2, 0.25) is 5.02 Å². The average molecular weight is 407 g/mol. The van der Waals surface area contributed by atoms with Crippen LogP contribution in [-0.4, -0.2) is 18.9 Å². The molecule has 1 aliphatic heterocycles. The van der Waals surface area contributed by atoms with Crippen LogP contribution in [0.4, 0.5) is 0 Å². The van der Waals surface area contributed by atoms with Gasteiger partial charge in [-0.3, -0.25) is 4.79 Å². The molecule has 144 valence electrons. The van der Waals surface area contributed by atoms with Crippen LogP contribution >= 0.6 is 11.6 Å². The van der Waals surface area contributed by atoms with Crippen molar-refractivity contribution in [2.24, 2.45) is 0 Å². The number of ether oxygens (including phenoxy) is 3. The highest BCUT2D eigenvalue weighted by molar-refractivity contribution is 6.33. The average Bonchev–Trinajstić information content (AvgIpc) is 3.03. The van der Waals surface area contributed by atoms with E-state index in [1.807, 2.05) is 18.2 Å². The SMILES string of the molecule is COc1cccc(/C=C2\Oc3cc(OC(=O)c4ccccc4Cl)ccc3C2=O)c1. The van der Waals surface area contributed by atoms with Gasteiger partial charge in [-0.25, -0.2) is 4.79 Å². The second kappa shape index (κ2) is 7.81. The number of Topliss-reactive ketones (excluding diaryl/α,β-unsaturated/α-hetero) is 1.